The van der Waals surface area contributed by atoms with E-state index in [-0.39, 0.29) is 30.8 Å². The van der Waals surface area contributed by atoms with Gasteiger partial charge in [-0.2, -0.15) is 0 Å². The van der Waals surface area contributed by atoms with Crippen LogP contribution in [0.1, 0.15) is 26.2 Å². The van der Waals surface area contributed by atoms with Crippen molar-refractivity contribution in [1.82, 2.24) is 4.90 Å². The van der Waals surface area contributed by atoms with Gasteiger partial charge in [-0.05, 0) is 44.0 Å². The van der Waals surface area contributed by atoms with Crippen molar-refractivity contribution in [3.63, 3.8) is 0 Å². The van der Waals surface area contributed by atoms with Crippen LogP contribution in [0.15, 0.2) is 24.3 Å². The maximum atomic E-state index is 12.8. The Morgan fingerprint density at radius 3 is 2.68 bits per heavy atom. The lowest BCUT2D eigenvalue weighted by Gasteiger charge is -2.37. The van der Waals surface area contributed by atoms with Gasteiger partial charge in [-0.1, -0.05) is 0 Å². The van der Waals surface area contributed by atoms with Crippen LogP contribution in [-0.4, -0.2) is 41.1 Å². The van der Waals surface area contributed by atoms with Gasteiger partial charge in [0.2, 0.25) is 5.91 Å². The molecule has 0 aromatic heterocycles. The van der Waals surface area contributed by atoms with E-state index < -0.39 is 11.9 Å². The van der Waals surface area contributed by atoms with Gasteiger partial charge in [0.25, 0.3) is 0 Å². The molecule has 6 heteroatoms. The number of piperidine rings is 1. The fourth-order valence-electron chi connectivity index (χ4n) is 2.76. The number of hydrogen-bond acceptors (Lipinski definition) is 3. The highest BCUT2D eigenvalue weighted by Crippen LogP contribution is 2.24. The Balaban J connectivity index is 1.83. The first-order valence-corrected chi connectivity index (χ1v) is 7.39. The van der Waals surface area contributed by atoms with Gasteiger partial charge in [-0.3, -0.25) is 9.59 Å². The van der Waals surface area contributed by atoms with Gasteiger partial charge in [0.1, 0.15) is 11.6 Å². The summed E-state index contributed by atoms with van der Waals surface area (Å²) in [5.74, 6) is -1.31. The number of carboxylic acids is 1. The minimum absolute atomic E-state index is 0.111. The number of carboxylic acid groups (broad SMARTS) is 1. The van der Waals surface area contributed by atoms with E-state index >= 15 is 0 Å². The summed E-state index contributed by atoms with van der Waals surface area (Å²) < 4.78 is 18.2. The van der Waals surface area contributed by atoms with E-state index in [1.807, 2.05) is 0 Å². The smallest absolute Gasteiger partial charge is 0.308 e. The van der Waals surface area contributed by atoms with Gasteiger partial charge in [0, 0.05) is 12.6 Å². The van der Waals surface area contributed by atoms with Crippen LogP contribution >= 0.6 is 0 Å². The summed E-state index contributed by atoms with van der Waals surface area (Å²) in [6.45, 7) is 2.54. The van der Waals surface area contributed by atoms with Crippen molar-refractivity contribution in [3.05, 3.63) is 30.1 Å². The predicted molar refractivity (Wildman–Crippen MR) is 78.0 cm³/mol. The van der Waals surface area contributed by atoms with Crippen molar-refractivity contribution in [2.45, 2.75) is 32.2 Å². The lowest BCUT2D eigenvalue weighted by Crippen LogP contribution is -2.49. The molecule has 1 N–H and O–H groups in total. The molecule has 1 amide bonds. The molecule has 2 atom stereocenters. The molecule has 5 nitrogen and oxygen atoms in total. The van der Waals surface area contributed by atoms with E-state index in [9.17, 15) is 14.0 Å². The van der Waals surface area contributed by atoms with E-state index in [4.69, 9.17) is 9.84 Å². The molecule has 1 fully saturated rings. The van der Waals surface area contributed by atoms with Crippen molar-refractivity contribution in [1.29, 1.82) is 0 Å². The number of nitrogens with zero attached hydrogens (tertiary/aromatic N) is 1. The molecule has 0 saturated carbocycles. The Bertz CT molecular complexity index is 531. The zero-order valence-electron chi connectivity index (χ0n) is 12.5. The maximum Gasteiger partial charge on any atom is 0.308 e. The fraction of sp³-hybridized carbons (Fsp3) is 0.500. The number of hydrogen-bond donors (Lipinski definition) is 1. The number of benzene rings is 1. The van der Waals surface area contributed by atoms with E-state index in [2.05, 4.69) is 0 Å². The van der Waals surface area contributed by atoms with Gasteiger partial charge < -0.3 is 14.7 Å². The van der Waals surface area contributed by atoms with Gasteiger partial charge >= 0.3 is 5.97 Å². The molecular formula is C16H20FNO4. The average molecular weight is 309 g/mol. The van der Waals surface area contributed by atoms with Crippen LogP contribution in [0.4, 0.5) is 4.39 Å². The molecule has 0 spiro atoms. The fourth-order valence-corrected chi connectivity index (χ4v) is 2.76. The van der Waals surface area contributed by atoms with E-state index in [1.54, 1.807) is 11.8 Å². The van der Waals surface area contributed by atoms with Gasteiger partial charge in [0.05, 0.1) is 18.9 Å². The molecule has 0 bridgehead atoms. The monoisotopic (exact) mass is 309 g/mol. The Morgan fingerprint density at radius 2 is 2.05 bits per heavy atom. The molecular weight excluding hydrogens is 289 g/mol. The van der Waals surface area contributed by atoms with Crippen LogP contribution < -0.4 is 4.74 Å². The first-order valence-electron chi connectivity index (χ1n) is 7.39. The largest absolute Gasteiger partial charge is 0.493 e. The van der Waals surface area contributed by atoms with Crippen LogP contribution in [0.25, 0.3) is 0 Å². The number of carbonyl (C=O) groups is 2. The Labute approximate surface area is 128 Å². The van der Waals surface area contributed by atoms with Crippen LogP contribution in [-0.2, 0) is 9.59 Å². The number of aliphatic carboxylic acids is 1. The summed E-state index contributed by atoms with van der Waals surface area (Å²) in [6.07, 6.45) is 1.48. The number of rotatable bonds is 5. The average Bonchev–Trinajstić information content (AvgIpc) is 2.49. The van der Waals surface area contributed by atoms with Crippen LogP contribution in [0.2, 0.25) is 0 Å². The summed E-state index contributed by atoms with van der Waals surface area (Å²) in [5.41, 5.74) is 0. The molecule has 1 aliphatic heterocycles. The number of carbonyl (C=O) groups excluding carboxylic acids is 1. The number of likely N-dealkylation sites (tertiary alicyclic amines) is 1. The van der Waals surface area contributed by atoms with Crippen molar-refractivity contribution >= 4 is 11.9 Å². The van der Waals surface area contributed by atoms with Crippen molar-refractivity contribution < 1.29 is 23.8 Å². The second kappa shape index (κ2) is 7.24. The second-order valence-corrected chi connectivity index (χ2v) is 5.47. The van der Waals surface area contributed by atoms with Crippen molar-refractivity contribution in [3.8, 4) is 5.75 Å². The summed E-state index contributed by atoms with van der Waals surface area (Å²) in [5, 5.41) is 9.16. The molecule has 0 radical (unpaired) electrons. The summed E-state index contributed by atoms with van der Waals surface area (Å²) in [6, 6.07) is 5.29. The molecule has 2 rings (SSSR count). The molecule has 1 heterocycles. The molecule has 1 saturated heterocycles. The Hall–Kier alpha value is -2.11. The lowest BCUT2D eigenvalue weighted by atomic mass is 9.90. The van der Waals surface area contributed by atoms with Crippen LogP contribution in [0.3, 0.4) is 0 Å². The highest BCUT2D eigenvalue weighted by atomic mass is 19.1. The predicted octanol–water partition coefficient (Wildman–Crippen LogP) is 2.31. The van der Waals surface area contributed by atoms with Gasteiger partial charge in [-0.25, -0.2) is 4.39 Å². The molecule has 22 heavy (non-hydrogen) atoms. The first kappa shape index (κ1) is 16.3. The summed E-state index contributed by atoms with van der Waals surface area (Å²) in [4.78, 5) is 25.0. The number of halogens is 1. The third-order valence-corrected chi connectivity index (χ3v) is 4.02. The van der Waals surface area contributed by atoms with E-state index in [0.717, 1.165) is 0 Å². The molecule has 1 aromatic carbocycles. The van der Waals surface area contributed by atoms with Crippen LogP contribution in [0.5, 0.6) is 5.75 Å². The highest BCUT2D eigenvalue weighted by molar-refractivity contribution is 5.78. The minimum atomic E-state index is -0.854. The SMILES string of the molecule is C[C@@H]1[C@H](C(=O)O)CCCN1C(=O)CCOc1ccc(F)cc1. The zero-order valence-corrected chi connectivity index (χ0v) is 12.5. The highest BCUT2D eigenvalue weighted by Gasteiger charge is 2.34. The Morgan fingerprint density at radius 1 is 1.36 bits per heavy atom. The zero-order chi connectivity index (χ0) is 16.1. The summed E-state index contributed by atoms with van der Waals surface area (Å²) >= 11 is 0. The number of ether oxygens (including phenoxy) is 1. The molecule has 0 unspecified atom stereocenters. The molecule has 1 aromatic rings. The van der Waals surface area contributed by atoms with Gasteiger partial charge in [0.15, 0.2) is 0 Å². The molecule has 120 valence electrons. The third kappa shape index (κ3) is 3.96. The normalized spacial score (nSPS) is 21.5. The topological polar surface area (TPSA) is 66.8 Å². The maximum absolute atomic E-state index is 12.8. The quantitative estimate of drug-likeness (QED) is 0.906. The first-order chi connectivity index (χ1) is 10.5. The minimum Gasteiger partial charge on any atom is -0.493 e. The van der Waals surface area contributed by atoms with Crippen molar-refractivity contribution in [2.75, 3.05) is 13.2 Å². The Kier molecular flexibility index (Phi) is 5.35. The standard InChI is InChI=1S/C16H20FNO4/c1-11-14(16(20)21)3-2-9-18(11)15(19)8-10-22-13-6-4-12(17)5-7-13/h4-7,11,14H,2-3,8-10H2,1H3,(H,20,21)/t11-,14-/m1/s1. The van der Waals surface area contributed by atoms with Crippen molar-refractivity contribution in [2.24, 2.45) is 5.92 Å². The number of amides is 1. The molecule has 1 aliphatic rings. The van der Waals surface area contributed by atoms with Gasteiger partial charge in [-0.15, -0.1) is 0 Å². The van der Waals surface area contributed by atoms with E-state index in [1.165, 1.54) is 24.3 Å². The second-order valence-electron chi connectivity index (χ2n) is 5.47. The lowest BCUT2D eigenvalue weighted by molar-refractivity contribution is -0.149. The van der Waals surface area contributed by atoms with E-state index in [0.29, 0.717) is 25.1 Å². The summed E-state index contributed by atoms with van der Waals surface area (Å²) in [7, 11) is 0. The van der Waals surface area contributed by atoms with Crippen LogP contribution in [0, 0.1) is 11.7 Å². The third-order valence-electron chi connectivity index (χ3n) is 4.02. The molecule has 0 aliphatic carbocycles.